The Kier molecular flexibility index (Phi) is 4.48. The number of rotatable bonds is 4. The van der Waals surface area contributed by atoms with E-state index in [1.807, 2.05) is 0 Å². The molecule has 0 radical (unpaired) electrons. The van der Waals surface area contributed by atoms with Crippen LogP contribution in [0.5, 0.6) is 0 Å². The van der Waals surface area contributed by atoms with Gasteiger partial charge in [-0.1, -0.05) is 30.3 Å². The Hall–Kier alpha value is -2.79. The molecule has 0 bridgehead atoms. The molecule has 0 aliphatic carbocycles. The van der Waals surface area contributed by atoms with E-state index in [4.69, 9.17) is 5.41 Å². The number of carbonyl (C=O) groups excluding carboxylic acids is 2. The van der Waals surface area contributed by atoms with Gasteiger partial charge >= 0.3 is 0 Å². The van der Waals surface area contributed by atoms with Crippen molar-refractivity contribution in [2.45, 2.75) is 13.8 Å². The van der Waals surface area contributed by atoms with Crippen LogP contribution in [-0.4, -0.2) is 22.6 Å². The first-order valence-electron chi connectivity index (χ1n) is 6.70. The maximum absolute atomic E-state index is 12.4. The zero-order valence-corrected chi connectivity index (χ0v) is 12.3. The molecular formula is C17H16N2O3. The number of anilines is 1. The van der Waals surface area contributed by atoms with Crippen molar-refractivity contribution in [2.24, 2.45) is 0 Å². The Morgan fingerprint density at radius 3 is 2.23 bits per heavy atom. The van der Waals surface area contributed by atoms with Crippen molar-refractivity contribution < 1.29 is 14.8 Å². The standard InChI is InChI=1S/C17H16N2O3/c1-11(18)13-6-5-7-14(10-13)19(22)17(21)16-9-4-3-8-15(16)12(2)20/h3-10,18,22H,1-2H3. The lowest BCUT2D eigenvalue weighted by atomic mass is 10.0. The zero-order chi connectivity index (χ0) is 16.3. The highest BCUT2D eigenvalue weighted by molar-refractivity contribution is 6.12. The van der Waals surface area contributed by atoms with Gasteiger partial charge in [-0.05, 0) is 37.6 Å². The first-order valence-corrected chi connectivity index (χ1v) is 6.70. The van der Waals surface area contributed by atoms with Crippen molar-refractivity contribution in [3.63, 3.8) is 0 Å². The van der Waals surface area contributed by atoms with Crippen LogP contribution in [0.3, 0.4) is 0 Å². The van der Waals surface area contributed by atoms with Crippen LogP contribution in [0.15, 0.2) is 48.5 Å². The van der Waals surface area contributed by atoms with Gasteiger partial charge in [0.1, 0.15) is 0 Å². The van der Waals surface area contributed by atoms with Crippen LogP contribution in [0.25, 0.3) is 0 Å². The first-order chi connectivity index (χ1) is 10.4. The average Bonchev–Trinajstić information content (AvgIpc) is 2.53. The Bertz CT molecular complexity index is 753. The Morgan fingerprint density at radius 1 is 1.00 bits per heavy atom. The number of hydrogen-bond donors (Lipinski definition) is 2. The normalized spacial score (nSPS) is 10.1. The SMILES string of the molecule is CC(=N)c1cccc(N(O)C(=O)c2ccccc2C(C)=O)c1. The number of hydrogen-bond acceptors (Lipinski definition) is 4. The molecule has 2 rings (SSSR count). The summed E-state index contributed by atoms with van der Waals surface area (Å²) in [5.74, 6) is -0.938. The number of nitrogens with zero attached hydrogens (tertiary/aromatic N) is 1. The molecule has 0 saturated heterocycles. The van der Waals surface area contributed by atoms with Crippen LogP contribution in [0, 0.1) is 5.41 Å². The summed E-state index contributed by atoms with van der Waals surface area (Å²) < 4.78 is 0. The molecular weight excluding hydrogens is 280 g/mol. The lowest BCUT2D eigenvalue weighted by Crippen LogP contribution is -2.28. The summed E-state index contributed by atoms with van der Waals surface area (Å²) in [5.41, 5.74) is 1.56. The summed E-state index contributed by atoms with van der Waals surface area (Å²) in [6, 6.07) is 12.8. The van der Waals surface area contributed by atoms with Gasteiger partial charge in [0.2, 0.25) is 0 Å². The van der Waals surface area contributed by atoms with Gasteiger partial charge in [0.25, 0.3) is 5.91 Å². The highest BCUT2D eigenvalue weighted by atomic mass is 16.5. The molecule has 0 saturated carbocycles. The summed E-state index contributed by atoms with van der Waals surface area (Å²) in [7, 11) is 0. The van der Waals surface area contributed by atoms with Crippen molar-refractivity contribution in [2.75, 3.05) is 5.06 Å². The fourth-order valence-corrected chi connectivity index (χ4v) is 2.08. The van der Waals surface area contributed by atoms with Crippen molar-refractivity contribution >= 4 is 23.1 Å². The van der Waals surface area contributed by atoms with Gasteiger partial charge in [-0.2, -0.15) is 5.06 Å². The van der Waals surface area contributed by atoms with E-state index in [9.17, 15) is 14.8 Å². The largest absolute Gasteiger partial charge is 0.305 e. The smallest absolute Gasteiger partial charge is 0.282 e. The lowest BCUT2D eigenvalue weighted by Gasteiger charge is -2.17. The minimum Gasteiger partial charge on any atom is -0.305 e. The fraction of sp³-hybridized carbons (Fsp3) is 0.118. The highest BCUT2D eigenvalue weighted by Gasteiger charge is 2.20. The molecule has 0 unspecified atom stereocenters. The maximum Gasteiger partial charge on any atom is 0.282 e. The summed E-state index contributed by atoms with van der Waals surface area (Å²) in [5, 5.41) is 18.3. The van der Waals surface area contributed by atoms with Crippen molar-refractivity contribution in [3.05, 3.63) is 65.2 Å². The number of hydroxylamine groups is 1. The highest BCUT2D eigenvalue weighted by Crippen LogP contribution is 2.19. The molecule has 2 aromatic rings. The third-order valence-corrected chi connectivity index (χ3v) is 3.25. The van der Waals surface area contributed by atoms with Gasteiger partial charge in [0, 0.05) is 11.3 Å². The predicted octanol–water partition coefficient (Wildman–Crippen LogP) is 3.31. The molecule has 0 spiro atoms. The van der Waals surface area contributed by atoms with Crippen LogP contribution < -0.4 is 5.06 Å². The molecule has 5 heteroatoms. The van der Waals surface area contributed by atoms with E-state index >= 15 is 0 Å². The fourth-order valence-electron chi connectivity index (χ4n) is 2.08. The molecule has 0 fully saturated rings. The second kappa shape index (κ2) is 6.32. The van der Waals surface area contributed by atoms with Crippen LogP contribution in [-0.2, 0) is 0 Å². The van der Waals surface area contributed by atoms with Gasteiger partial charge in [-0.25, -0.2) is 0 Å². The summed E-state index contributed by atoms with van der Waals surface area (Å²) in [6.07, 6.45) is 0. The van der Waals surface area contributed by atoms with E-state index in [0.29, 0.717) is 16.3 Å². The number of benzene rings is 2. The number of carbonyl (C=O) groups is 2. The van der Waals surface area contributed by atoms with Gasteiger partial charge in [0.15, 0.2) is 5.78 Å². The zero-order valence-electron chi connectivity index (χ0n) is 12.3. The van der Waals surface area contributed by atoms with Crippen LogP contribution >= 0.6 is 0 Å². The number of Topliss-reactive ketones (excluding diaryl/α,β-unsaturated/α-hetero) is 1. The van der Waals surface area contributed by atoms with E-state index in [0.717, 1.165) is 0 Å². The average molecular weight is 296 g/mol. The van der Waals surface area contributed by atoms with E-state index in [1.54, 1.807) is 43.3 Å². The van der Waals surface area contributed by atoms with Crippen LogP contribution in [0.1, 0.15) is 40.1 Å². The molecule has 0 aliphatic rings. The predicted molar refractivity (Wildman–Crippen MR) is 84.0 cm³/mol. The van der Waals surface area contributed by atoms with Crippen LogP contribution in [0.2, 0.25) is 0 Å². The Labute approximate surface area is 128 Å². The van der Waals surface area contributed by atoms with E-state index < -0.39 is 5.91 Å². The van der Waals surface area contributed by atoms with Gasteiger partial charge in [-0.15, -0.1) is 0 Å². The second-order valence-electron chi connectivity index (χ2n) is 4.89. The molecule has 112 valence electrons. The lowest BCUT2D eigenvalue weighted by molar-refractivity contribution is 0.0848. The minimum atomic E-state index is -0.689. The summed E-state index contributed by atoms with van der Waals surface area (Å²) >= 11 is 0. The van der Waals surface area contributed by atoms with Gasteiger partial charge in [0.05, 0.1) is 11.3 Å². The number of amides is 1. The quantitative estimate of drug-likeness (QED) is 0.393. The molecule has 22 heavy (non-hydrogen) atoms. The topological polar surface area (TPSA) is 81.5 Å². The van der Waals surface area contributed by atoms with Crippen molar-refractivity contribution in [3.8, 4) is 0 Å². The molecule has 0 heterocycles. The Morgan fingerprint density at radius 2 is 1.64 bits per heavy atom. The Balaban J connectivity index is 2.40. The molecule has 5 nitrogen and oxygen atoms in total. The maximum atomic E-state index is 12.4. The van der Waals surface area contributed by atoms with E-state index in [2.05, 4.69) is 0 Å². The van der Waals surface area contributed by atoms with E-state index in [1.165, 1.54) is 19.1 Å². The van der Waals surface area contributed by atoms with Crippen LogP contribution in [0.4, 0.5) is 5.69 Å². The summed E-state index contributed by atoms with van der Waals surface area (Å²) in [6.45, 7) is 2.99. The molecule has 0 atom stereocenters. The van der Waals surface area contributed by atoms with Gasteiger partial charge < -0.3 is 5.41 Å². The number of nitrogens with one attached hydrogen (secondary N) is 1. The monoisotopic (exact) mass is 296 g/mol. The third kappa shape index (κ3) is 3.10. The minimum absolute atomic E-state index is 0.134. The van der Waals surface area contributed by atoms with Gasteiger partial charge in [-0.3, -0.25) is 14.8 Å². The molecule has 2 N–H and O–H groups in total. The first kappa shape index (κ1) is 15.6. The molecule has 2 aromatic carbocycles. The van der Waals surface area contributed by atoms with E-state index in [-0.39, 0.29) is 22.6 Å². The van der Waals surface area contributed by atoms with Crippen molar-refractivity contribution in [1.82, 2.24) is 0 Å². The summed E-state index contributed by atoms with van der Waals surface area (Å²) in [4.78, 5) is 24.0. The molecule has 0 aliphatic heterocycles. The second-order valence-corrected chi connectivity index (χ2v) is 4.89. The molecule has 1 amide bonds. The van der Waals surface area contributed by atoms with Crippen molar-refractivity contribution in [1.29, 1.82) is 5.41 Å². The third-order valence-electron chi connectivity index (χ3n) is 3.25. The molecule has 0 aromatic heterocycles. The number of ketones is 1.